The Morgan fingerprint density at radius 3 is 2.74 bits per heavy atom. The summed E-state index contributed by atoms with van der Waals surface area (Å²) in [6.45, 7) is 5.67. The van der Waals surface area contributed by atoms with Crippen LogP contribution in [0.3, 0.4) is 0 Å². The third-order valence-electron chi connectivity index (χ3n) is 4.11. The average Bonchev–Trinajstić information content (AvgIpc) is 2.89. The summed E-state index contributed by atoms with van der Waals surface area (Å²) in [5.74, 6) is 0.504. The van der Waals surface area contributed by atoms with Crippen LogP contribution in [0.4, 0.5) is 5.69 Å². The Hall–Kier alpha value is -2.56. The van der Waals surface area contributed by atoms with Gasteiger partial charge in [0.25, 0.3) is 0 Å². The molecule has 0 aliphatic heterocycles. The minimum Gasteiger partial charge on any atom is -0.373 e. The standard InChI is InChI=1S/C18H22N4O/c1-14(2)15-7-6-8-16(13-15)20(3)11-12-22-18(23)21-10-5-4-9-17(21)19-22/h4-10,13-14H,11-12H2,1-3H3. The number of likely N-dealkylation sites (N-methyl/N-ethyl adjacent to an activating group) is 1. The lowest BCUT2D eigenvalue weighted by atomic mass is 10.0. The molecule has 0 N–H and O–H groups in total. The molecular weight excluding hydrogens is 288 g/mol. The summed E-state index contributed by atoms with van der Waals surface area (Å²) in [4.78, 5) is 14.4. The Bertz CT molecular complexity index is 863. The van der Waals surface area contributed by atoms with Gasteiger partial charge >= 0.3 is 5.69 Å². The van der Waals surface area contributed by atoms with Crippen molar-refractivity contribution < 1.29 is 0 Å². The molecule has 0 atom stereocenters. The van der Waals surface area contributed by atoms with Gasteiger partial charge in [-0.25, -0.2) is 9.48 Å². The molecule has 2 aromatic heterocycles. The van der Waals surface area contributed by atoms with E-state index in [0.717, 1.165) is 12.2 Å². The van der Waals surface area contributed by atoms with Crippen LogP contribution in [0, 0.1) is 0 Å². The highest BCUT2D eigenvalue weighted by Crippen LogP contribution is 2.20. The quantitative estimate of drug-likeness (QED) is 0.728. The average molecular weight is 310 g/mol. The maximum atomic E-state index is 12.3. The molecule has 0 spiro atoms. The SMILES string of the molecule is CC(C)c1cccc(N(C)CCn2nc3ccccn3c2=O)c1. The highest BCUT2D eigenvalue weighted by Gasteiger charge is 2.08. The van der Waals surface area contributed by atoms with Crippen molar-refractivity contribution >= 4 is 11.3 Å². The summed E-state index contributed by atoms with van der Waals surface area (Å²) in [5.41, 5.74) is 3.07. The van der Waals surface area contributed by atoms with E-state index in [2.05, 4.69) is 48.1 Å². The minimum atomic E-state index is -0.0927. The van der Waals surface area contributed by atoms with Gasteiger partial charge in [0.05, 0.1) is 6.54 Å². The fourth-order valence-corrected chi connectivity index (χ4v) is 2.61. The number of hydrogen-bond acceptors (Lipinski definition) is 3. The van der Waals surface area contributed by atoms with Crippen LogP contribution in [-0.2, 0) is 6.54 Å². The monoisotopic (exact) mass is 310 g/mol. The molecule has 120 valence electrons. The molecule has 2 heterocycles. The minimum absolute atomic E-state index is 0.0927. The molecule has 3 rings (SSSR count). The maximum Gasteiger partial charge on any atom is 0.350 e. The van der Waals surface area contributed by atoms with E-state index in [9.17, 15) is 4.79 Å². The first kappa shape index (κ1) is 15.3. The molecule has 0 aliphatic carbocycles. The molecule has 0 amide bonds. The van der Waals surface area contributed by atoms with Gasteiger partial charge in [0.2, 0.25) is 0 Å². The molecular formula is C18H22N4O. The lowest BCUT2D eigenvalue weighted by Gasteiger charge is -2.20. The Morgan fingerprint density at radius 1 is 1.17 bits per heavy atom. The normalized spacial score (nSPS) is 11.3. The van der Waals surface area contributed by atoms with Crippen molar-refractivity contribution in [1.82, 2.24) is 14.2 Å². The van der Waals surface area contributed by atoms with E-state index in [4.69, 9.17) is 0 Å². The Balaban J connectivity index is 1.75. The van der Waals surface area contributed by atoms with Gasteiger partial charge in [0, 0.05) is 25.5 Å². The van der Waals surface area contributed by atoms with Gasteiger partial charge in [0.1, 0.15) is 0 Å². The van der Waals surface area contributed by atoms with Crippen molar-refractivity contribution in [2.75, 3.05) is 18.5 Å². The molecule has 0 saturated heterocycles. The van der Waals surface area contributed by atoms with Crippen molar-refractivity contribution in [3.63, 3.8) is 0 Å². The van der Waals surface area contributed by atoms with E-state index in [0.29, 0.717) is 18.1 Å². The third-order valence-corrected chi connectivity index (χ3v) is 4.11. The molecule has 0 radical (unpaired) electrons. The van der Waals surface area contributed by atoms with E-state index in [1.54, 1.807) is 10.6 Å². The van der Waals surface area contributed by atoms with Crippen LogP contribution in [0.15, 0.2) is 53.5 Å². The molecule has 3 aromatic rings. The molecule has 1 aromatic carbocycles. The summed E-state index contributed by atoms with van der Waals surface area (Å²) < 4.78 is 3.09. The van der Waals surface area contributed by atoms with Crippen LogP contribution in [0.2, 0.25) is 0 Å². The third kappa shape index (κ3) is 3.13. The zero-order chi connectivity index (χ0) is 16.4. The number of anilines is 1. The molecule has 0 saturated carbocycles. The van der Waals surface area contributed by atoms with Crippen molar-refractivity contribution in [2.24, 2.45) is 0 Å². The first-order valence-electron chi connectivity index (χ1n) is 7.91. The molecule has 5 heteroatoms. The summed E-state index contributed by atoms with van der Waals surface area (Å²) in [7, 11) is 2.04. The smallest absolute Gasteiger partial charge is 0.350 e. The second-order valence-electron chi connectivity index (χ2n) is 6.11. The molecule has 0 bridgehead atoms. The summed E-state index contributed by atoms with van der Waals surface area (Å²) in [5, 5.41) is 4.36. The summed E-state index contributed by atoms with van der Waals surface area (Å²) >= 11 is 0. The number of nitrogens with zero attached hydrogens (tertiary/aromatic N) is 4. The van der Waals surface area contributed by atoms with Gasteiger partial charge in [-0.1, -0.05) is 32.0 Å². The fourth-order valence-electron chi connectivity index (χ4n) is 2.61. The number of benzene rings is 1. The van der Waals surface area contributed by atoms with Crippen LogP contribution in [-0.4, -0.2) is 27.8 Å². The predicted molar refractivity (Wildman–Crippen MR) is 93.3 cm³/mol. The lowest BCUT2D eigenvalue weighted by Crippen LogP contribution is -2.29. The van der Waals surface area contributed by atoms with E-state index in [1.807, 2.05) is 25.2 Å². The Morgan fingerprint density at radius 2 is 2.00 bits per heavy atom. The van der Waals surface area contributed by atoms with Crippen LogP contribution < -0.4 is 10.6 Å². The molecule has 5 nitrogen and oxygen atoms in total. The Kier molecular flexibility index (Phi) is 4.19. The van der Waals surface area contributed by atoms with Gasteiger partial charge in [-0.05, 0) is 35.7 Å². The number of hydrogen-bond donors (Lipinski definition) is 0. The molecule has 23 heavy (non-hydrogen) atoms. The number of pyridine rings is 1. The van der Waals surface area contributed by atoms with Gasteiger partial charge in [-0.3, -0.25) is 4.40 Å². The van der Waals surface area contributed by atoms with Crippen molar-refractivity contribution in [3.05, 3.63) is 64.7 Å². The molecule has 0 fully saturated rings. The van der Waals surface area contributed by atoms with Gasteiger partial charge in [-0.2, -0.15) is 0 Å². The van der Waals surface area contributed by atoms with E-state index in [1.165, 1.54) is 10.2 Å². The van der Waals surface area contributed by atoms with Gasteiger partial charge < -0.3 is 4.90 Å². The van der Waals surface area contributed by atoms with Crippen LogP contribution in [0.25, 0.3) is 5.65 Å². The Labute approximate surface area is 135 Å². The topological polar surface area (TPSA) is 42.5 Å². The van der Waals surface area contributed by atoms with E-state index in [-0.39, 0.29) is 5.69 Å². The second kappa shape index (κ2) is 6.28. The summed E-state index contributed by atoms with van der Waals surface area (Å²) in [6, 6.07) is 14.1. The maximum absolute atomic E-state index is 12.3. The van der Waals surface area contributed by atoms with Gasteiger partial charge in [-0.15, -0.1) is 5.10 Å². The second-order valence-corrected chi connectivity index (χ2v) is 6.11. The van der Waals surface area contributed by atoms with Crippen molar-refractivity contribution in [1.29, 1.82) is 0 Å². The van der Waals surface area contributed by atoms with Crippen LogP contribution in [0.5, 0.6) is 0 Å². The highest BCUT2D eigenvalue weighted by molar-refractivity contribution is 5.48. The van der Waals surface area contributed by atoms with E-state index >= 15 is 0 Å². The summed E-state index contributed by atoms with van der Waals surface area (Å²) in [6.07, 6.45) is 1.75. The molecule has 0 aliphatic rings. The van der Waals surface area contributed by atoms with Crippen LogP contribution in [0.1, 0.15) is 25.3 Å². The van der Waals surface area contributed by atoms with Crippen molar-refractivity contribution in [2.45, 2.75) is 26.3 Å². The first-order chi connectivity index (χ1) is 11.1. The number of aromatic nitrogens is 3. The number of fused-ring (bicyclic) bond motifs is 1. The number of rotatable bonds is 5. The highest BCUT2D eigenvalue weighted by atomic mass is 16.2. The van der Waals surface area contributed by atoms with Crippen LogP contribution >= 0.6 is 0 Å². The first-order valence-corrected chi connectivity index (χ1v) is 7.91. The zero-order valence-electron chi connectivity index (χ0n) is 13.8. The molecule has 0 unspecified atom stereocenters. The lowest BCUT2D eigenvalue weighted by molar-refractivity contribution is 0.591. The fraction of sp³-hybridized carbons (Fsp3) is 0.333. The van der Waals surface area contributed by atoms with E-state index < -0.39 is 0 Å². The largest absolute Gasteiger partial charge is 0.373 e. The van der Waals surface area contributed by atoms with Crippen molar-refractivity contribution in [3.8, 4) is 0 Å². The zero-order valence-corrected chi connectivity index (χ0v) is 13.8. The van der Waals surface area contributed by atoms with Gasteiger partial charge in [0.15, 0.2) is 5.65 Å². The predicted octanol–water partition coefficient (Wildman–Crippen LogP) is 2.76.